The second-order valence-corrected chi connectivity index (χ2v) is 6.88. The number of ketones is 1. The number of methoxy groups -OCH3 is 1. The van der Waals surface area contributed by atoms with E-state index in [1.807, 2.05) is 0 Å². The predicted molar refractivity (Wildman–Crippen MR) is 105 cm³/mol. The zero-order valence-corrected chi connectivity index (χ0v) is 16.0. The van der Waals surface area contributed by atoms with E-state index in [9.17, 15) is 19.8 Å². The number of hydrogen-bond acceptors (Lipinski definition) is 5. The van der Waals surface area contributed by atoms with E-state index in [-0.39, 0.29) is 23.6 Å². The Kier molecular flexibility index (Phi) is 6.02. The van der Waals surface area contributed by atoms with E-state index in [4.69, 9.17) is 16.3 Å². The molecule has 0 unspecified atom stereocenters. The second-order valence-electron chi connectivity index (χ2n) is 6.44. The van der Waals surface area contributed by atoms with Gasteiger partial charge in [-0.2, -0.15) is 0 Å². The first-order valence-corrected chi connectivity index (χ1v) is 9.14. The molecule has 6 nitrogen and oxygen atoms in total. The first-order chi connectivity index (χ1) is 13.4. The summed E-state index contributed by atoms with van der Waals surface area (Å²) in [5.74, 6) is -1.73. The van der Waals surface area contributed by atoms with Gasteiger partial charge in [0, 0.05) is 30.8 Å². The standard InChI is InChI=1S/C21H20ClNO5/c1-28-11-3-10-23-18(14-4-2-5-16(24)12-14)17(20(26)21(23)27)19(25)13-6-8-15(22)9-7-13/h2,4-9,12,18,24-25H,3,10-11H2,1H3/t18-/m1/s1. The summed E-state index contributed by atoms with van der Waals surface area (Å²) in [5, 5.41) is 21.2. The van der Waals surface area contributed by atoms with E-state index in [0.29, 0.717) is 29.2 Å². The number of amides is 1. The Morgan fingerprint density at radius 2 is 1.89 bits per heavy atom. The Morgan fingerprint density at radius 3 is 2.54 bits per heavy atom. The number of aliphatic hydroxyl groups excluding tert-OH is 1. The molecule has 28 heavy (non-hydrogen) atoms. The van der Waals surface area contributed by atoms with Crippen molar-refractivity contribution in [2.45, 2.75) is 12.5 Å². The quantitative estimate of drug-likeness (QED) is 0.335. The molecule has 1 fully saturated rings. The monoisotopic (exact) mass is 401 g/mol. The van der Waals surface area contributed by atoms with Gasteiger partial charge in [-0.05, 0) is 48.4 Å². The van der Waals surface area contributed by atoms with Crippen LogP contribution in [-0.4, -0.2) is 47.1 Å². The summed E-state index contributed by atoms with van der Waals surface area (Å²) < 4.78 is 5.04. The minimum atomic E-state index is -0.806. The molecule has 1 aliphatic heterocycles. The second kappa shape index (κ2) is 8.46. The fourth-order valence-corrected chi connectivity index (χ4v) is 3.42. The summed E-state index contributed by atoms with van der Waals surface area (Å²) in [7, 11) is 1.56. The number of Topliss-reactive ketones (excluding diaryl/α,β-unsaturated/α-hetero) is 1. The number of carbonyl (C=O) groups is 2. The lowest BCUT2D eigenvalue weighted by Gasteiger charge is -2.25. The minimum Gasteiger partial charge on any atom is -0.508 e. The van der Waals surface area contributed by atoms with Gasteiger partial charge >= 0.3 is 0 Å². The lowest BCUT2D eigenvalue weighted by molar-refractivity contribution is -0.140. The molecule has 1 atom stereocenters. The molecule has 0 radical (unpaired) electrons. The van der Waals surface area contributed by atoms with E-state index in [1.54, 1.807) is 43.5 Å². The maximum atomic E-state index is 12.8. The van der Waals surface area contributed by atoms with Gasteiger partial charge in [0.05, 0.1) is 11.6 Å². The van der Waals surface area contributed by atoms with Crippen molar-refractivity contribution in [3.8, 4) is 5.75 Å². The van der Waals surface area contributed by atoms with Crippen LogP contribution in [0.15, 0.2) is 54.1 Å². The summed E-state index contributed by atoms with van der Waals surface area (Å²) in [6.45, 7) is 0.697. The number of hydrogen-bond donors (Lipinski definition) is 2. The number of phenolic OH excluding ortho intramolecular Hbond substituents is 1. The third-order valence-corrected chi connectivity index (χ3v) is 4.84. The minimum absolute atomic E-state index is 0.00599. The molecule has 146 valence electrons. The number of ether oxygens (including phenoxy) is 1. The van der Waals surface area contributed by atoms with E-state index < -0.39 is 17.7 Å². The lowest BCUT2D eigenvalue weighted by Crippen LogP contribution is -2.31. The number of aromatic hydroxyl groups is 1. The maximum Gasteiger partial charge on any atom is 0.295 e. The number of likely N-dealkylation sites (tertiary alicyclic amines) is 1. The van der Waals surface area contributed by atoms with Crippen molar-refractivity contribution in [3.05, 3.63) is 70.3 Å². The van der Waals surface area contributed by atoms with Crippen LogP contribution >= 0.6 is 11.6 Å². The highest BCUT2D eigenvalue weighted by Gasteiger charge is 2.45. The molecule has 0 aliphatic carbocycles. The van der Waals surface area contributed by atoms with Crippen LogP contribution in [0.4, 0.5) is 0 Å². The van der Waals surface area contributed by atoms with E-state index in [2.05, 4.69) is 0 Å². The smallest absolute Gasteiger partial charge is 0.295 e. The fraction of sp³-hybridized carbons (Fsp3) is 0.238. The number of nitrogens with zero attached hydrogens (tertiary/aromatic N) is 1. The molecule has 7 heteroatoms. The molecule has 1 heterocycles. The molecular weight excluding hydrogens is 382 g/mol. The van der Waals surface area contributed by atoms with E-state index in [0.717, 1.165) is 0 Å². The Morgan fingerprint density at radius 1 is 1.18 bits per heavy atom. The number of aliphatic hydroxyl groups is 1. The van der Waals surface area contributed by atoms with Crippen molar-refractivity contribution in [3.63, 3.8) is 0 Å². The molecule has 1 aliphatic rings. The zero-order valence-electron chi connectivity index (χ0n) is 15.3. The van der Waals surface area contributed by atoms with Gasteiger partial charge in [0.1, 0.15) is 11.5 Å². The summed E-state index contributed by atoms with van der Waals surface area (Å²) in [6.07, 6.45) is 0.528. The van der Waals surface area contributed by atoms with Crippen molar-refractivity contribution in [2.75, 3.05) is 20.3 Å². The number of benzene rings is 2. The average Bonchev–Trinajstić information content (AvgIpc) is 2.93. The maximum absolute atomic E-state index is 12.8. The Hall–Kier alpha value is -2.83. The van der Waals surface area contributed by atoms with Gasteiger partial charge in [0.25, 0.3) is 11.7 Å². The van der Waals surface area contributed by atoms with Crippen molar-refractivity contribution in [2.24, 2.45) is 0 Å². The molecule has 3 rings (SSSR count). The molecule has 0 aromatic heterocycles. The Bertz CT molecular complexity index is 923. The highest BCUT2D eigenvalue weighted by molar-refractivity contribution is 6.46. The normalized spacial score (nSPS) is 18.6. The van der Waals surface area contributed by atoms with Gasteiger partial charge in [-0.15, -0.1) is 0 Å². The van der Waals surface area contributed by atoms with Crippen LogP contribution in [-0.2, 0) is 14.3 Å². The third-order valence-electron chi connectivity index (χ3n) is 4.59. The predicted octanol–water partition coefficient (Wildman–Crippen LogP) is 3.50. The van der Waals surface area contributed by atoms with Gasteiger partial charge in [-0.3, -0.25) is 9.59 Å². The first-order valence-electron chi connectivity index (χ1n) is 8.76. The highest BCUT2D eigenvalue weighted by atomic mass is 35.5. The molecule has 0 spiro atoms. The number of halogens is 1. The lowest BCUT2D eigenvalue weighted by atomic mass is 9.95. The summed E-state index contributed by atoms with van der Waals surface area (Å²) in [4.78, 5) is 26.8. The summed E-state index contributed by atoms with van der Waals surface area (Å²) in [6, 6.07) is 11.8. The molecule has 0 saturated carbocycles. The summed E-state index contributed by atoms with van der Waals surface area (Å²) in [5.41, 5.74) is 0.895. The molecule has 0 bridgehead atoms. The van der Waals surface area contributed by atoms with Gasteiger partial charge in [0.2, 0.25) is 0 Å². The van der Waals surface area contributed by atoms with E-state index in [1.165, 1.54) is 17.0 Å². The fourth-order valence-electron chi connectivity index (χ4n) is 3.29. The van der Waals surface area contributed by atoms with Crippen LogP contribution in [0.5, 0.6) is 5.75 Å². The van der Waals surface area contributed by atoms with Crippen LogP contribution < -0.4 is 0 Å². The van der Waals surface area contributed by atoms with Crippen LogP contribution in [0, 0.1) is 0 Å². The van der Waals surface area contributed by atoms with Crippen molar-refractivity contribution in [1.82, 2.24) is 4.90 Å². The van der Waals surface area contributed by atoms with Crippen LogP contribution in [0.2, 0.25) is 5.02 Å². The molecule has 2 aromatic carbocycles. The molecule has 1 saturated heterocycles. The van der Waals surface area contributed by atoms with Crippen molar-refractivity contribution in [1.29, 1.82) is 0 Å². The van der Waals surface area contributed by atoms with E-state index >= 15 is 0 Å². The van der Waals surface area contributed by atoms with Crippen molar-refractivity contribution >= 4 is 29.1 Å². The van der Waals surface area contributed by atoms with Gasteiger partial charge in [-0.25, -0.2) is 0 Å². The molecular formula is C21H20ClNO5. The van der Waals surface area contributed by atoms with Gasteiger partial charge < -0.3 is 19.8 Å². The van der Waals surface area contributed by atoms with Crippen molar-refractivity contribution < 1.29 is 24.5 Å². The highest BCUT2D eigenvalue weighted by Crippen LogP contribution is 2.40. The summed E-state index contributed by atoms with van der Waals surface area (Å²) >= 11 is 5.90. The number of phenols is 1. The third kappa shape index (κ3) is 3.88. The van der Waals surface area contributed by atoms with Crippen LogP contribution in [0.3, 0.4) is 0 Å². The average molecular weight is 402 g/mol. The largest absolute Gasteiger partial charge is 0.508 e. The van der Waals surface area contributed by atoms with Gasteiger partial charge in [0.15, 0.2) is 0 Å². The van der Waals surface area contributed by atoms with Crippen LogP contribution in [0.1, 0.15) is 23.6 Å². The number of rotatable bonds is 6. The first kappa shape index (κ1) is 19.9. The molecule has 2 aromatic rings. The molecule has 2 N–H and O–H groups in total. The van der Waals surface area contributed by atoms with Crippen LogP contribution in [0.25, 0.3) is 5.76 Å². The zero-order chi connectivity index (χ0) is 20.3. The van der Waals surface area contributed by atoms with Gasteiger partial charge in [-0.1, -0.05) is 23.7 Å². The number of carbonyl (C=O) groups excluding carboxylic acids is 2. The molecule has 1 amide bonds. The Labute approximate surface area is 167 Å². The Balaban J connectivity index is 2.12. The topological polar surface area (TPSA) is 87.1 Å². The SMILES string of the molecule is COCCCN1C(=O)C(=O)C(=C(O)c2ccc(Cl)cc2)[C@H]1c1cccc(O)c1.